The molecule has 0 unspecified atom stereocenters. The Bertz CT molecular complexity index is 649. The van der Waals surface area contributed by atoms with E-state index < -0.39 is 5.82 Å². The van der Waals surface area contributed by atoms with Gasteiger partial charge in [-0.2, -0.15) is 0 Å². The van der Waals surface area contributed by atoms with Gasteiger partial charge < -0.3 is 10.5 Å². The molecule has 0 radical (unpaired) electrons. The Balaban J connectivity index is 2.37. The molecule has 2 N–H and O–H groups in total. The first-order valence-electron chi connectivity index (χ1n) is 5.19. The molecule has 98 valence electrons. The highest BCUT2D eigenvalue weighted by Gasteiger charge is 2.09. The number of halogens is 3. The molecule has 0 amide bonds. The Labute approximate surface area is 132 Å². The lowest BCUT2D eigenvalue weighted by atomic mass is 10.2. The van der Waals surface area contributed by atoms with Crippen LogP contribution >= 0.6 is 44.1 Å². The van der Waals surface area contributed by atoms with Gasteiger partial charge in [-0.25, -0.2) is 4.39 Å². The molecular formula is C13H8Br2FNOS. The van der Waals surface area contributed by atoms with Crippen LogP contribution in [0.5, 0.6) is 11.5 Å². The van der Waals surface area contributed by atoms with E-state index in [4.69, 9.17) is 22.7 Å². The number of hydrogen-bond acceptors (Lipinski definition) is 2. The smallest absolute Gasteiger partial charge is 0.141 e. The van der Waals surface area contributed by atoms with Crippen molar-refractivity contribution in [1.29, 1.82) is 0 Å². The summed E-state index contributed by atoms with van der Waals surface area (Å²) in [6, 6.07) is 9.79. The van der Waals surface area contributed by atoms with Gasteiger partial charge in [0.2, 0.25) is 0 Å². The largest absolute Gasteiger partial charge is 0.457 e. The molecule has 0 aliphatic carbocycles. The third kappa shape index (κ3) is 3.52. The fourth-order valence-corrected chi connectivity index (χ4v) is 2.22. The quantitative estimate of drug-likeness (QED) is 0.747. The van der Waals surface area contributed by atoms with Crippen LogP contribution in [0.4, 0.5) is 4.39 Å². The molecule has 19 heavy (non-hydrogen) atoms. The van der Waals surface area contributed by atoms with E-state index in [0.29, 0.717) is 21.5 Å². The van der Waals surface area contributed by atoms with Crippen molar-refractivity contribution in [3.63, 3.8) is 0 Å². The van der Waals surface area contributed by atoms with Gasteiger partial charge in [0.05, 0.1) is 10.0 Å². The molecule has 0 aromatic heterocycles. The fraction of sp³-hybridized carbons (Fsp3) is 0. The van der Waals surface area contributed by atoms with Gasteiger partial charge in [0, 0.05) is 10.5 Å². The maximum atomic E-state index is 13.4. The average Bonchev–Trinajstić information content (AvgIpc) is 2.36. The lowest BCUT2D eigenvalue weighted by Crippen LogP contribution is -2.10. The molecule has 0 bridgehead atoms. The zero-order valence-electron chi connectivity index (χ0n) is 9.49. The maximum Gasteiger partial charge on any atom is 0.141 e. The molecule has 0 saturated carbocycles. The van der Waals surface area contributed by atoms with E-state index in [1.54, 1.807) is 30.3 Å². The first-order valence-corrected chi connectivity index (χ1v) is 7.19. The molecule has 0 atom stereocenters. The number of hydrogen-bond donors (Lipinski definition) is 1. The summed E-state index contributed by atoms with van der Waals surface area (Å²) in [4.78, 5) is 0.217. The zero-order valence-corrected chi connectivity index (χ0v) is 13.5. The predicted molar refractivity (Wildman–Crippen MR) is 84.2 cm³/mol. The second-order valence-electron chi connectivity index (χ2n) is 3.68. The number of benzene rings is 2. The van der Waals surface area contributed by atoms with E-state index in [9.17, 15) is 4.39 Å². The average molecular weight is 405 g/mol. The summed E-state index contributed by atoms with van der Waals surface area (Å²) < 4.78 is 20.3. The minimum atomic E-state index is -0.397. The van der Waals surface area contributed by atoms with Gasteiger partial charge in [-0.1, -0.05) is 28.1 Å². The van der Waals surface area contributed by atoms with E-state index in [0.717, 1.165) is 4.47 Å². The Hall–Kier alpha value is -0.980. The van der Waals surface area contributed by atoms with Crippen LogP contribution in [-0.2, 0) is 0 Å². The van der Waals surface area contributed by atoms with Gasteiger partial charge in [-0.15, -0.1) is 0 Å². The Morgan fingerprint density at radius 3 is 2.53 bits per heavy atom. The van der Waals surface area contributed by atoms with Crippen molar-refractivity contribution in [3.8, 4) is 11.5 Å². The Morgan fingerprint density at radius 2 is 1.89 bits per heavy atom. The first kappa shape index (κ1) is 14.4. The van der Waals surface area contributed by atoms with Crippen molar-refractivity contribution in [2.24, 2.45) is 5.73 Å². The summed E-state index contributed by atoms with van der Waals surface area (Å²) in [7, 11) is 0. The summed E-state index contributed by atoms with van der Waals surface area (Å²) in [6.45, 7) is 0. The molecule has 0 heterocycles. The Morgan fingerprint density at radius 1 is 1.16 bits per heavy atom. The molecule has 0 fully saturated rings. The maximum absolute atomic E-state index is 13.4. The lowest BCUT2D eigenvalue weighted by molar-refractivity contribution is 0.475. The van der Waals surface area contributed by atoms with Crippen molar-refractivity contribution in [1.82, 2.24) is 0 Å². The molecule has 2 aromatic carbocycles. The zero-order chi connectivity index (χ0) is 14.0. The molecule has 2 nitrogen and oxygen atoms in total. The van der Waals surface area contributed by atoms with Crippen LogP contribution < -0.4 is 10.5 Å². The Kier molecular flexibility index (Phi) is 4.54. The second-order valence-corrected chi connectivity index (χ2v) is 5.89. The number of nitrogens with two attached hydrogens (primary N) is 1. The summed E-state index contributed by atoms with van der Waals surface area (Å²) in [5.41, 5.74) is 6.23. The third-order valence-corrected chi connectivity index (χ3v) is 3.68. The van der Waals surface area contributed by atoms with E-state index >= 15 is 0 Å². The standard InChI is InChI=1S/C13H8Br2FNOS/c14-7-1-4-12(9(5-7)13(17)19)18-8-2-3-10(15)11(16)6-8/h1-6H,(H2,17,19). The second kappa shape index (κ2) is 5.98. The lowest BCUT2D eigenvalue weighted by Gasteiger charge is -2.11. The summed E-state index contributed by atoms with van der Waals surface area (Å²) in [5, 5.41) is 0. The van der Waals surface area contributed by atoms with Crippen LogP contribution in [0.2, 0.25) is 0 Å². The molecule has 6 heteroatoms. The van der Waals surface area contributed by atoms with Crippen molar-refractivity contribution in [2.45, 2.75) is 0 Å². The van der Waals surface area contributed by atoms with Crippen LogP contribution in [0.15, 0.2) is 45.3 Å². The van der Waals surface area contributed by atoms with Gasteiger partial charge in [0.1, 0.15) is 22.3 Å². The SMILES string of the molecule is NC(=S)c1cc(Br)ccc1Oc1ccc(Br)c(F)c1. The van der Waals surface area contributed by atoms with Gasteiger partial charge in [-0.3, -0.25) is 0 Å². The van der Waals surface area contributed by atoms with Gasteiger partial charge >= 0.3 is 0 Å². The molecule has 0 spiro atoms. The monoisotopic (exact) mass is 403 g/mol. The van der Waals surface area contributed by atoms with Crippen LogP contribution in [0.3, 0.4) is 0 Å². The number of thiocarbonyl (C=S) groups is 1. The van der Waals surface area contributed by atoms with Crippen molar-refractivity contribution >= 4 is 49.1 Å². The van der Waals surface area contributed by atoms with E-state index in [1.165, 1.54) is 6.07 Å². The normalized spacial score (nSPS) is 10.3. The van der Waals surface area contributed by atoms with E-state index in [2.05, 4.69) is 31.9 Å². The molecule has 2 aromatic rings. The van der Waals surface area contributed by atoms with E-state index in [-0.39, 0.29) is 4.99 Å². The molecular weight excluding hydrogens is 397 g/mol. The van der Waals surface area contributed by atoms with Crippen molar-refractivity contribution in [3.05, 3.63) is 56.7 Å². The number of ether oxygens (including phenoxy) is 1. The first-order chi connectivity index (χ1) is 8.97. The van der Waals surface area contributed by atoms with Crippen LogP contribution in [-0.4, -0.2) is 4.99 Å². The third-order valence-electron chi connectivity index (χ3n) is 2.33. The summed E-state index contributed by atoms with van der Waals surface area (Å²) in [6.07, 6.45) is 0. The molecule has 0 saturated heterocycles. The van der Waals surface area contributed by atoms with Gasteiger partial charge in [0.15, 0.2) is 0 Å². The van der Waals surface area contributed by atoms with Crippen molar-refractivity contribution in [2.75, 3.05) is 0 Å². The highest BCUT2D eigenvalue weighted by molar-refractivity contribution is 9.10. The minimum Gasteiger partial charge on any atom is -0.457 e. The number of rotatable bonds is 3. The molecule has 2 rings (SSSR count). The summed E-state index contributed by atoms with van der Waals surface area (Å²) in [5.74, 6) is 0.462. The van der Waals surface area contributed by atoms with Crippen LogP contribution in [0.1, 0.15) is 5.56 Å². The van der Waals surface area contributed by atoms with Crippen LogP contribution in [0.25, 0.3) is 0 Å². The molecule has 0 aliphatic rings. The van der Waals surface area contributed by atoms with Gasteiger partial charge in [0.25, 0.3) is 0 Å². The van der Waals surface area contributed by atoms with E-state index in [1.807, 2.05) is 0 Å². The highest BCUT2D eigenvalue weighted by Crippen LogP contribution is 2.29. The summed E-state index contributed by atoms with van der Waals surface area (Å²) >= 11 is 11.4. The van der Waals surface area contributed by atoms with Gasteiger partial charge in [-0.05, 0) is 46.3 Å². The molecule has 0 aliphatic heterocycles. The minimum absolute atomic E-state index is 0.217. The van der Waals surface area contributed by atoms with Crippen LogP contribution in [0, 0.1) is 5.82 Å². The predicted octanol–water partition coefficient (Wildman–Crippen LogP) is 4.78. The fourth-order valence-electron chi connectivity index (χ4n) is 1.45. The topological polar surface area (TPSA) is 35.2 Å². The highest BCUT2D eigenvalue weighted by atomic mass is 79.9. The van der Waals surface area contributed by atoms with Crippen molar-refractivity contribution < 1.29 is 9.13 Å².